The van der Waals surface area contributed by atoms with Gasteiger partial charge in [0.05, 0.1) is 11.9 Å². The number of nitrogens with zero attached hydrogens (tertiary/aromatic N) is 4. The van der Waals surface area contributed by atoms with Gasteiger partial charge in [-0.15, -0.1) is 0 Å². The molecule has 0 unspecified atom stereocenters. The highest BCUT2D eigenvalue weighted by Gasteiger charge is 2.12. The molecule has 20 heavy (non-hydrogen) atoms. The number of nitrogen functional groups attached to an aromatic ring is 1. The Morgan fingerprint density at radius 2 is 2.25 bits per heavy atom. The van der Waals surface area contributed by atoms with Gasteiger partial charge in [-0.1, -0.05) is 36.0 Å². The number of oxime groups is 1. The Hall–Kier alpha value is -2.76. The zero-order valence-corrected chi connectivity index (χ0v) is 11.6. The fourth-order valence-electron chi connectivity index (χ4n) is 1.39. The van der Waals surface area contributed by atoms with Crippen molar-refractivity contribution in [3.05, 3.63) is 48.5 Å². The zero-order valence-electron chi connectivity index (χ0n) is 11.6. The van der Waals surface area contributed by atoms with Crippen LogP contribution in [0.25, 0.3) is 5.57 Å². The lowest BCUT2D eigenvalue weighted by molar-refractivity contribution is 0.213. The molecular formula is C14H17N5O. The summed E-state index contributed by atoms with van der Waals surface area (Å²) in [6.07, 6.45) is 8.89. The lowest BCUT2D eigenvalue weighted by Gasteiger charge is -2.06. The van der Waals surface area contributed by atoms with Crippen molar-refractivity contribution in [2.24, 2.45) is 10.1 Å². The van der Waals surface area contributed by atoms with Crippen molar-refractivity contribution in [2.45, 2.75) is 6.92 Å². The summed E-state index contributed by atoms with van der Waals surface area (Å²) in [5, 5.41) is 3.71. The summed E-state index contributed by atoms with van der Waals surface area (Å²) in [4.78, 5) is 16.9. The average molecular weight is 271 g/mol. The molecule has 2 N–H and O–H groups in total. The van der Waals surface area contributed by atoms with E-state index in [0.29, 0.717) is 11.4 Å². The fourth-order valence-corrected chi connectivity index (χ4v) is 1.39. The molecule has 0 aromatic carbocycles. The Kier molecular flexibility index (Phi) is 5.83. The summed E-state index contributed by atoms with van der Waals surface area (Å²) in [5.74, 6) is 0.375. The second-order valence-electron chi connectivity index (χ2n) is 3.60. The van der Waals surface area contributed by atoms with Crippen molar-refractivity contribution >= 4 is 23.9 Å². The monoisotopic (exact) mass is 271 g/mol. The van der Waals surface area contributed by atoms with Crippen LogP contribution in [0.1, 0.15) is 18.3 Å². The molecule has 0 spiro atoms. The average Bonchev–Trinajstić information content (AvgIpc) is 2.47. The van der Waals surface area contributed by atoms with Crippen LogP contribution in [0.5, 0.6) is 0 Å². The van der Waals surface area contributed by atoms with Crippen LogP contribution >= 0.6 is 0 Å². The quantitative estimate of drug-likeness (QED) is 0.385. The highest BCUT2D eigenvalue weighted by atomic mass is 16.6. The lowest BCUT2D eigenvalue weighted by Crippen LogP contribution is -2.09. The number of anilines is 1. The van der Waals surface area contributed by atoms with Crippen LogP contribution in [0, 0.1) is 0 Å². The predicted molar refractivity (Wildman–Crippen MR) is 82.5 cm³/mol. The number of aliphatic imine (C=N–C) groups is 1. The van der Waals surface area contributed by atoms with Crippen LogP contribution in [0.3, 0.4) is 0 Å². The van der Waals surface area contributed by atoms with Gasteiger partial charge in [0, 0.05) is 5.57 Å². The summed E-state index contributed by atoms with van der Waals surface area (Å²) >= 11 is 0. The maximum Gasteiger partial charge on any atom is 0.220 e. The van der Waals surface area contributed by atoms with E-state index < -0.39 is 0 Å². The number of allylic oxidation sites excluding steroid dienone is 5. The third-order valence-corrected chi connectivity index (χ3v) is 2.32. The number of hydrogen-bond donors (Lipinski definition) is 1. The van der Waals surface area contributed by atoms with E-state index in [0.717, 1.165) is 5.57 Å². The van der Waals surface area contributed by atoms with E-state index in [9.17, 15) is 0 Å². The Labute approximate surface area is 118 Å². The van der Waals surface area contributed by atoms with E-state index in [-0.39, 0.29) is 11.7 Å². The molecule has 6 heteroatoms. The van der Waals surface area contributed by atoms with Crippen molar-refractivity contribution in [3.8, 4) is 0 Å². The van der Waals surface area contributed by atoms with Crippen LogP contribution in [0.2, 0.25) is 0 Å². The molecule has 0 atom stereocenters. The van der Waals surface area contributed by atoms with E-state index in [1.165, 1.54) is 7.11 Å². The standard InChI is InChI=1S/C14H17N5O/c1-5-7-8-10(6-2)11-9-17-13(15)12(18-11)14(16-3)19-20-4/h5-9H,2-3H2,1,4H3,(H2,15,17)/b7-5-,10-8+,19-14-. The van der Waals surface area contributed by atoms with Gasteiger partial charge < -0.3 is 10.6 Å². The van der Waals surface area contributed by atoms with Crippen LogP contribution in [0.4, 0.5) is 5.82 Å². The minimum Gasteiger partial charge on any atom is -0.397 e. The normalized spacial score (nSPS) is 12.5. The van der Waals surface area contributed by atoms with E-state index in [4.69, 9.17) is 5.73 Å². The predicted octanol–water partition coefficient (Wildman–Crippen LogP) is 2.21. The molecular weight excluding hydrogens is 254 g/mol. The summed E-state index contributed by atoms with van der Waals surface area (Å²) in [6, 6.07) is 0. The van der Waals surface area contributed by atoms with E-state index in [1.807, 2.05) is 25.2 Å². The highest BCUT2D eigenvalue weighted by Crippen LogP contribution is 2.16. The van der Waals surface area contributed by atoms with Crippen LogP contribution in [0.15, 0.2) is 47.2 Å². The van der Waals surface area contributed by atoms with Crippen molar-refractivity contribution in [1.29, 1.82) is 0 Å². The molecule has 1 rings (SSSR count). The number of hydrogen-bond acceptors (Lipinski definition) is 5. The summed E-state index contributed by atoms with van der Waals surface area (Å²) < 4.78 is 0. The Morgan fingerprint density at radius 1 is 1.50 bits per heavy atom. The van der Waals surface area contributed by atoms with Gasteiger partial charge >= 0.3 is 0 Å². The summed E-state index contributed by atoms with van der Waals surface area (Å²) in [7, 11) is 1.40. The molecule has 0 saturated carbocycles. The summed E-state index contributed by atoms with van der Waals surface area (Å²) in [6.45, 7) is 9.08. The van der Waals surface area contributed by atoms with Gasteiger partial charge in [0.15, 0.2) is 11.5 Å². The van der Waals surface area contributed by atoms with Gasteiger partial charge in [0.1, 0.15) is 7.11 Å². The van der Waals surface area contributed by atoms with Crippen LogP contribution in [-0.4, -0.2) is 29.6 Å². The van der Waals surface area contributed by atoms with Crippen LogP contribution in [-0.2, 0) is 4.84 Å². The molecule has 0 aliphatic heterocycles. The topological polar surface area (TPSA) is 85.8 Å². The largest absolute Gasteiger partial charge is 0.397 e. The minimum atomic E-state index is 0.175. The third kappa shape index (κ3) is 3.61. The SMILES string of the molecule is C=C/C(=C\C=C/C)c1cnc(N)c(/C(N=C)=N/OC)n1. The first-order valence-electron chi connectivity index (χ1n) is 5.84. The molecule has 104 valence electrons. The molecule has 0 fully saturated rings. The highest BCUT2D eigenvalue weighted by molar-refractivity contribution is 6.03. The number of amidine groups is 1. The molecule has 0 amide bonds. The van der Waals surface area contributed by atoms with Gasteiger partial charge in [-0.25, -0.2) is 15.0 Å². The van der Waals surface area contributed by atoms with Gasteiger partial charge in [-0.3, -0.25) is 0 Å². The van der Waals surface area contributed by atoms with Crippen molar-refractivity contribution in [1.82, 2.24) is 9.97 Å². The van der Waals surface area contributed by atoms with Gasteiger partial charge in [-0.2, -0.15) is 0 Å². The molecule has 0 bridgehead atoms. The zero-order chi connectivity index (χ0) is 15.0. The van der Waals surface area contributed by atoms with Crippen molar-refractivity contribution in [3.63, 3.8) is 0 Å². The third-order valence-electron chi connectivity index (χ3n) is 2.32. The minimum absolute atomic E-state index is 0.175. The maximum atomic E-state index is 5.78. The first kappa shape index (κ1) is 15.3. The van der Waals surface area contributed by atoms with E-state index in [1.54, 1.807) is 12.3 Å². The lowest BCUT2D eigenvalue weighted by atomic mass is 10.1. The first-order valence-corrected chi connectivity index (χ1v) is 5.84. The van der Waals surface area contributed by atoms with E-state index in [2.05, 4.69) is 38.3 Å². The molecule has 1 heterocycles. The van der Waals surface area contributed by atoms with E-state index >= 15 is 0 Å². The number of aromatic nitrogens is 2. The van der Waals surface area contributed by atoms with Crippen molar-refractivity contribution in [2.75, 3.05) is 12.8 Å². The Balaban J connectivity index is 3.36. The molecule has 0 aliphatic carbocycles. The van der Waals surface area contributed by atoms with Gasteiger partial charge in [0.25, 0.3) is 0 Å². The van der Waals surface area contributed by atoms with Crippen molar-refractivity contribution < 1.29 is 4.84 Å². The van der Waals surface area contributed by atoms with Gasteiger partial charge in [0.2, 0.25) is 5.84 Å². The molecule has 1 aromatic heterocycles. The second kappa shape index (κ2) is 7.63. The van der Waals surface area contributed by atoms with Crippen LogP contribution < -0.4 is 5.73 Å². The molecule has 0 saturated heterocycles. The molecule has 0 aliphatic rings. The Bertz CT molecular complexity index is 587. The second-order valence-corrected chi connectivity index (χ2v) is 3.60. The number of nitrogens with two attached hydrogens (primary N) is 1. The summed E-state index contributed by atoms with van der Waals surface area (Å²) in [5.41, 5.74) is 7.50. The Morgan fingerprint density at radius 3 is 2.80 bits per heavy atom. The molecule has 6 nitrogen and oxygen atoms in total. The fraction of sp³-hybridized carbons (Fsp3) is 0.143. The first-order chi connectivity index (χ1) is 9.67. The maximum absolute atomic E-state index is 5.78. The molecule has 1 aromatic rings. The smallest absolute Gasteiger partial charge is 0.220 e. The van der Waals surface area contributed by atoms with Gasteiger partial charge in [-0.05, 0) is 13.6 Å². The number of rotatable bonds is 5. The molecule has 0 radical (unpaired) electrons.